The van der Waals surface area contributed by atoms with E-state index in [0.29, 0.717) is 29.9 Å². The van der Waals surface area contributed by atoms with Crippen molar-refractivity contribution in [2.45, 2.75) is 31.1 Å². The summed E-state index contributed by atoms with van der Waals surface area (Å²) in [6.45, 7) is 0. The number of para-hydroxylation sites is 1. The standard InChI is InChI=1S/C21H21NO4S/c1-25-17-6-3-5-13(21(17)26-2)14-11-19(24)22-15-9-12(10-16(23)20(14)15)18-7-4-8-27-18/h3-8,12,14H,9-11H2,1-2H3,(H,22,24). The van der Waals surface area contributed by atoms with Crippen LogP contribution in [0.3, 0.4) is 0 Å². The molecule has 1 aromatic heterocycles. The zero-order chi connectivity index (χ0) is 19.0. The fourth-order valence-electron chi connectivity index (χ4n) is 4.14. The Hall–Kier alpha value is -2.60. The molecule has 0 bridgehead atoms. The van der Waals surface area contributed by atoms with Gasteiger partial charge >= 0.3 is 0 Å². The largest absolute Gasteiger partial charge is 0.493 e. The quantitative estimate of drug-likeness (QED) is 0.873. The maximum atomic E-state index is 13.1. The summed E-state index contributed by atoms with van der Waals surface area (Å²) in [6.07, 6.45) is 1.38. The highest BCUT2D eigenvalue weighted by Crippen LogP contribution is 2.46. The number of Topliss-reactive ketones (excluding diaryl/α,β-unsaturated/α-hetero) is 1. The molecular formula is C21H21NO4S. The van der Waals surface area contributed by atoms with Crippen LogP contribution < -0.4 is 14.8 Å². The number of amides is 1. The van der Waals surface area contributed by atoms with Crippen LogP contribution in [0.25, 0.3) is 0 Å². The molecule has 0 spiro atoms. The Balaban J connectivity index is 1.78. The molecule has 2 aliphatic rings. The summed E-state index contributed by atoms with van der Waals surface area (Å²) < 4.78 is 11.0. The summed E-state index contributed by atoms with van der Waals surface area (Å²) in [7, 11) is 3.16. The maximum absolute atomic E-state index is 13.1. The monoisotopic (exact) mass is 383 g/mol. The van der Waals surface area contributed by atoms with Crippen molar-refractivity contribution >= 4 is 23.0 Å². The number of ketones is 1. The topological polar surface area (TPSA) is 64.6 Å². The molecule has 6 heteroatoms. The molecule has 0 saturated carbocycles. The average molecular weight is 383 g/mol. The molecule has 2 atom stereocenters. The molecule has 0 saturated heterocycles. The molecule has 27 heavy (non-hydrogen) atoms. The predicted molar refractivity (Wildman–Crippen MR) is 103 cm³/mol. The molecule has 1 aliphatic heterocycles. The molecule has 0 radical (unpaired) electrons. The van der Waals surface area contributed by atoms with Gasteiger partial charge in [-0.25, -0.2) is 0 Å². The Morgan fingerprint density at radius 2 is 1.89 bits per heavy atom. The number of benzene rings is 1. The number of thiophene rings is 1. The third kappa shape index (κ3) is 3.14. The number of carbonyl (C=O) groups excluding carboxylic acids is 2. The fraction of sp³-hybridized carbons (Fsp3) is 0.333. The van der Waals surface area contributed by atoms with Gasteiger partial charge in [-0.05, 0) is 23.9 Å². The van der Waals surface area contributed by atoms with Crippen molar-refractivity contribution in [3.05, 3.63) is 57.4 Å². The number of methoxy groups -OCH3 is 2. The van der Waals surface area contributed by atoms with Gasteiger partial charge in [-0.3, -0.25) is 9.59 Å². The first-order valence-corrected chi connectivity index (χ1v) is 9.80. The van der Waals surface area contributed by atoms with Crippen LogP contribution in [0.4, 0.5) is 0 Å². The molecular weight excluding hydrogens is 362 g/mol. The second kappa shape index (κ2) is 7.19. The van der Waals surface area contributed by atoms with Gasteiger partial charge < -0.3 is 14.8 Å². The lowest BCUT2D eigenvalue weighted by Crippen LogP contribution is -2.38. The van der Waals surface area contributed by atoms with Gasteiger partial charge in [0.1, 0.15) is 0 Å². The van der Waals surface area contributed by atoms with Crippen LogP contribution in [0.15, 0.2) is 47.0 Å². The van der Waals surface area contributed by atoms with Crippen LogP contribution in [0, 0.1) is 0 Å². The summed E-state index contributed by atoms with van der Waals surface area (Å²) in [5, 5.41) is 4.98. The third-order valence-corrected chi connectivity index (χ3v) is 6.33. The van der Waals surface area contributed by atoms with Gasteiger partial charge in [0, 0.05) is 46.4 Å². The first-order chi connectivity index (χ1) is 13.1. The molecule has 4 rings (SSSR count). The van der Waals surface area contributed by atoms with Crippen molar-refractivity contribution in [3.63, 3.8) is 0 Å². The lowest BCUT2D eigenvalue weighted by Gasteiger charge is -2.34. The van der Waals surface area contributed by atoms with Gasteiger partial charge in [0.15, 0.2) is 17.3 Å². The van der Waals surface area contributed by atoms with E-state index in [1.807, 2.05) is 29.6 Å². The van der Waals surface area contributed by atoms with E-state index in [-0.39, 0.29) is 29.9 Å². The maximum Gasteiger partial charge on any atom is 0.225 e. The molecule has 2 heterocycles. The predicted octanol–water partition coefficient (Wildman–Crippen LogP) is 3.77. The summed E-state index contributed by atoms with van der Waals surface area (Å²) in [5.74, 6) is 1.04. The Labute approximate surface area is 162 Å². The van der Waals surface area contributed by atoms with Crippen molar-refractivity contribution in [2.75, 3.05) is 14.2 Å². The normalized spacial score (nSPS) is 22.3. The Morgan fingerprint density at radius 1 is 1.04 bits per heavy atom. The molecule has 5 nitrogen and oxygen atoms in total. The SMILES string of the molecule is COc1cccc(C2CC(=O)NC3=C2C(=O)CC(c2cccs2)C3)c1OC. The van der Waals surface area contributed by atoms with Crippen molar-refractivity contribution in [2.24, 2.45) is 0 Å². The van der Waals surface area contributed by atoms with Crippen LogP contribution in [0.5, 0.6) is 11.5 Å². The highest BCUT2D eigenvalue weighted by Gasteiger charge is 2.39. The Kier molecular flexibility index (Phi) is 4.74. The second-order valence-electron chi connectivity index (χ2n) is 6.82. The van der Waals surface area contributed by atoms with Gasteiger partial charge in [-0.15, -0.1) is 11.3 Å². The number of rotatable bonds is 4. The number of carbonyl (C=O) groups is 2. The van der Waals surface area contributed by atoms with Gasteiger partial charge in [0.2, 0.25) is 5.91 Å². The molecule has 1 aliphatic carbocycles. The fourth-order valence-corrected chi connectivity index (χ4v) is 4.97. The van der Waals surface area contributed by atoms with E-state index in [1.165, 1.54) is 4.88 Å². The minimum Gasteiger partial charge on any atom is -0.493 e. The van der Waals surface area contributed by atoms with Crippen molar-refractivity contribution in [1.29, 1.82) is 0 Å². The van der Waals surface area contributed by atoms with Crippen molar-refractivity contribution in [1.82, 2.24) is 5.32 Å². The summed E-state index contributed by atoms with van der Waals surface area (Å²) in [5.41, 5.74) is 2.30. The van der Waals surface area contributed by atoms with Gasteiger partial charge in [-0.1, -0.05) is 18.2 Å². The van der Waals surface area contributed by atoms with Gasteiger partial charge in [0.25, 0.3) is 0 Å². The molecule has 2 aromatic rings. The van der Waals surface area contributed by atoms with Gasteiger partial charge in [-0.2, -0.15) is 0 Å². The lowest BCUT2D eigenvalue weighted by molar-refractivity contribution is -0.122. The first kappa shape index (κ1) is 17.8. The number of ether oxygens (including phenoxy) is 2. The molecule has 1 amide bonds. The smallest absolute Gasteiger partial charge is 0.225 e. The third-order valence-electron chi connectivity index (χ3n) is 5.29. The van der Waals surface area contributed by atoms with Crippen LogP contribution in [-0.2, 0) is 9.59 Å². The van der Waals surface area contributed by atoms with Crippen LogP contribution in [-0.4, -0.2) is 25.9 Å². The average Bonchev–Trinajstić information content (AvgIpc) is 3.21. The van der Waals surface area contributed by atoms with E-state index in [0.717, 1.165) is 11.3 Å². The van der Waals surface area contributed by atoms with Crippen LogP contribution in [0.1, 0.15) is 41.5 Å². The minimum absolute atomic E-state index is 0.0664. The molecule has 140 valence electrons. The lowest BCUT2D eigenvalue weighted by atomic mass is 9.74. The molecule has 1 N–H and O–H groups in total. The summed E-state index contributed by atoms with van der Waals surface area (Å²) in [6, 6.07) is 9.65. The zero-order valence-corrected chi connectivity index (χ0v) is 16.1. The highest BCUT2D eigenvalue weighted by molar-refractivity contribution is 7.10. The number of hydrogen-bond donors (Lipinski definition) is 1. The van der Waals surface area contributed by atoms with E-state index in [9.17, 15) is 9.59 Å². The first-order valence-electron chi connectivity index (χ1n) is 8.92. The number of nitrogens with one attached hydrogen (secondary N) is 1. The van der Waals surface area contributed by atoms with Crippen molar-refractivity contribution < 1.29 is 19.1 Å². The minimum atomic E-state index is -0.310. The Morgan fingerprint density at radius 3 is 2.59 bits per heavy atom. The van der Waals surface area contributed by atoms with Crippen LogP contribution in [0.2, 0.25) is 0 Å². The van der Waals surface area contributed by atoms with E-state index < -0.39 is 0 Å². The van der Waals surface area contributed by atoms with E-state index in [4.69, 9.17) is 9.47 Å². The summed E-state index contributed by atoms with van der Waals surface area (Å²) >= 11 is 1.66. The molecule has 0 fully saturated rings. The van der Waals surface area contributed by atoms with Gasteiger partial charge in [0.05, 0.1) is 14.2 Å². The molecule has 1 aromatic carbocycles. The van der Waals surface area contributed by atoms with E-state index in [1.54, 1.807) is 25.6 Å². The second-order valence-corrected chi connectivity index (χ2v) is 7.80. The highest BCUT2D eigenvalue weighted by atomic mass is 32.1. The summed E-state index contributed by atoms with van der Waals surface area (Å²) in [4.78, 5) is 26.7. The Bertz CT molecular complexity index is 916. The number of hydrogen-bond acceptors (Lipinski definition) is 5. The molecule has 2 unspecified atom stereocenters. The van der Waals surface area contributed by atoms with E-state index >= 15 is 0 Å². The van der Waals surface area contributed by atoms with E-state index in [2.05, 4.69) is 11.4 Å². The van der Waals surface area contributed by atoms with Crippen molar-refractivity contribution in [3.8, 4) is 11.5 Å². The van der Waals surface area contributed by atoms with Crippen LogP contribution >= 0.6 is 11.3 Å². The number of allylic oxidation sites excluding steroid dienone is 2. The zero-order valence-electron chi connectivity index (χ0n) is 15.3.